The van der Waals surface area contributed by atoms with Crippen LogP contribution in [0.15, 0.2) is 33.9 Å². The predicted molar refractivity (Wildman–Crippen MR) is 82.2 cm³/mol. The van der Waals surface area contributed by atoms with Crippen LogP contribution in [0.2, 0.25) is 0 Å². The lowest BCUT2D eigenvalue weighted by Crippen LogP contribution is -2.27. The number of halogens is 1. The number of hydrogen-bond donors (Lipinski definition) is 2. The van der Waals surface area contributed by atoms with Gasteiger partial charge in [-0.25, -0.2) is 17.5 Å². The van der Waals surface area contributed by atoms with Gasteiger partial charge in [0.05, 0.1) is 4.90 Å². The molecule has 0 radical (unpaired) electrons. The minimum atomic E-state index is -3.74. The van der Waals surface area contributed by atoms with E-state index in [4.69, 9.17) is 5.73 Å². The molecule has 2 rings (SSSR count). The Morgan fingerprint density at radius 3 is 2.71 bits per heavy atom. The van der Waals surface area contributed by atoms with Crippen molar-refractivity contribution >= 4 is 21.4 Å². The first-order valence-corrected chi connectivity index (χ1v) is 8.86. The van der Waals surface area contributed by atoms with Crippen LogP contribution in [-0.4, -0.2) is 15.0 Å². The number of nitrogens with one attached hydrogen (secondary N) is 1. The van der Waals surface area contributed by atoms with Gasteiger partial charge in [0.25, 0.3) is 0 Å². The zero-order valence-corrected chi connectivity index (χ0v) is 13.2. The molecule has 0 aliphatic rings. The molecule has 3 N–H and O–H groups in total. The number of nitrogens with two attached hydrogens (primary N) is 1. The van der Waals surface area contributed by atoms with Crippen LogP contribution in [0, 0.1) is 12.7 Å². The van der Waals surface area contributed by atoms with Crippen molar-refractivity contribution in [3.63, 3.8) is 0 Å². The molecule has 0 amide bonds. The first-order valence-electron chi connectivity index (χ1n) is 6.44. The van der Waals surface area contributed by atoms with Crippen LogP contribution in [0.1, 0.15) is 16.7 Å². The van der Waals surface area contributed by atoms with Crippen molar-refractivity contribution in [3.8, 4) is 0 Å². The summed E-state index contributed by atoms with van der Waals surface area (Å²) in [6.45, 7) is 1.81. The van der Waals surface area contributed by atoms with Gasteiger partial charge >= 0.3 is 0 Å². The van der Waals surface area contributed by atoms with Crippen LogP contribution < -0.4 is 10.5 Å². The topological polar surface area (TPSA) is 72.2 Å². The van der Waals surface area contributed by atoms with Crippen LogP contribution in [0.25, 0.3) is 0 Å². The molecule has 0 unspecified atom stereocenters. The number of sulfonamides is 1. The molecule has 0 bridgehead atoms. The summed E-state index contributed by atoms with van der Waals surface area (Å²) in [7, 11) is -3.74. The van der Waals surface area contributed by atoms with Gasteiger partial charge in [-0.15, -0.1) is 0 Å². The second-order valence-corrected chi connectivity index (χ2v) is 7.20. The molecule has 0 spiro atoms. The Hall–Kier alpha value is -1.28. The minimum absolute atomic E-state index is 0.0479. The molecular weight excluding hydrogens is 311 g/mol. The summed E-state index contributed by atoms with van der Waals surface area (Å²) < 4.78 is 40.8. The van der Waals surface area contributed by atoms with E-state index in [1.165, 1.54) is 19.1 Å². The molecule has 0 saturated carbocycles. The zero-order valence-electron chi connectivity index (χ0n) is 11.6. The van der Waals surface area contributed by atoms with E-state index in [0.29, 0.717) is 12.0 Å². The smallest absolute Gasteiger partial charge is 0.240 e. The average molecular weight is 328 g/mol. The summed E-state index contributed by atoms with van der Waals surface area (Å²) in [5, 5.41) is 3.91. The highest BCUT2D eigenvalue weighted by Gasteiger charge is 2.19. The quantitative estimate of drug-likeness (QED) is 0.854. The van der Waals surface area contributed by atoms with E-state index in [9.17, 15) is 12.8 Å². The van der Waals surface area contributed by atoms with E-state index in [1.807, 2.05) is 16.8 Å². The molecule has 21 heavy (non-hydrogen) atoms. The Bertz CT molecular complexity index is 713. The molecule has 0 atom stereocenters. The second-order valence-electron chi connectivity index (χ2n) is 4.68. The largest absolute Gasteiger partial charge is 0.326 e. The van der Waals surface area contributed by atoms with Gasteiger partial charge in [-0.3, -0.25) is 0 Å². The Labute approximate surface area is 127 Å². The minimum Gasteiger partial charge on any atom is -0.326 e. The van der Waals surface area contributed by atoms with E-state index >= 15 is 0 Å². The third-order valence-corrected chi connectivity index (χ3v) is 5.49. The number of thiophene rings is 1. The lowest BCUT2D eigenvalue weighted by Gasteiger charge is -2.11. The molecule has 1 aromatic carbocycles. The first kappa shape index (κ1) is 16.1. The number of hydrogen-bond acceptors (Lipinski definition) is 4. The van der Waals surface area contributed by atoms with Crippen LogP contribution in [0.4, 0.5) is 4.39 Å². The molecular formula is C14H17FN2O2S2. The molecule has 1 heterocycles. The predicted octanol–water partition coefficient (Wildman–Crippen LogP) is 2.18. The monoisotopic (exact) mass is 328 g/mol. The average Bonchev–Trinajstić information content (AvgIpc) is 2.94. The third-order valence-electron chi connectivity index (χ3n) is 3.17. The van der Waals surface area contributed by atoms with Crippen molar-refractivity contribution < 1.29 is 12.8 Å². The van der Waals surface area contributed by atoms with Crippen molar-refractivity contribution in [2.75, 3.05) is 6.54 Å². The molecule has 0 aliphatic heterocycles. The SMILES string of the molecule is Cc1c(F)cc(CN)cc1S(=O)(=O)NCCc1ccsc1. The standard InChI is InChI=1S/C14H17FN2O2S2/c1-10-13(15)6-12(8-16)7-14(10)21(18,19)17-4-2-11-3-5-20-9-11/h3,5-7,9,17H,2,4,8,16H2,1H3. The maximum atomic E-state index is 13.8. The summed E-state index contributed by atoms with van der Waals surface area (Å²) in [5.74, 6) is -0.559. The summed E-state index contributed by atoms with van der Waals surface area (Å²) in [6, 6.07) is 4.63. The molecule has 4 nitrogen and oxygen atoms in total. The highest BCUT2D eigenvalue weighted by Crippen LogP contribution is 2.20. The molecule has 0 fully saturated rings. The molecule has 7 heteroatoms. The van der Waals surface area contributed by atoms with Crippen molar-refractivity contribution in [2.24, 2.45) is 5.73 Å². The van der Waals surface area contributed by atoms with Crippen LogP contribution >= 0.6 is 11.3 Å². The number of rotatable bonds is 6. The van der Waals surface area contributed by atoms with Crippen molar-refractivity contribution in [2.45, 2.75) is 24.8 Å². The Kier molecular flexibility index (Phi) is 5.10. The van der Waals surface area contributed by atoms with E-state index in [0.717, 1.165) is 5.56 Å². The fraction of sp³-hybridized carbons (Fsp3) is 0.286. The van der Waals surface area contributed by atoms with Gasteiger partial charge in [0.1, 0.15) is 5.82 Å². The maximum absolute atomic E-state index is 13.8. The lowest BCUT2D eigenvalue weighted by atomic mass is 10.1. The molecule has 114 valence electrons. The Morgan fingerprint density at radius 2 is 2.10 bits per heavy atom. The summed E-state index contributed by atoms with van der Waals surface area (Å²) in [5.41, 5.74) is 7.10. The van der Waals surface area contributed by atoms with E-state index < -0.39 is 15.8 Å². The van der Waals surface area contributed by atoms with Gasteiger partial charge < -0.3 is 5.73 Å². The molecule has 0 aliphatic carbocycles. The van der Waals surface area contributed by atoms with Crippen LogP contribution in [0.5, 0.6) is 0 Å². The third kappa shape index (κ3) is 3.88. The van der Waals surface area contributed by atoms with Gasteiger partial charge in [-0.05, 0) is 53.4 Å². The fourth-order valence-electron chi connectivity index (χ4n) is 1.95. The van der Waals surface area contributed by atoms with Crippen molar-refractivity contribution in [3.05, 3.63) is 51.5 Å². The van der Waals surface area contributed by atoms with Gasteiger partial charge in [0, 0.05) is 18.7 Å². The molecule has 1 aromatic heterocycles. The molecule has 2 aromatic rings. The number of benzene rings is 1. The second kappa shape index (κ2) is 6.65. The Balaban J connectivity index is 2.17. The van der Waals surface area contributed by atoms with Gasteiger partial charge in [-0.1, -0.05) is 0 Å². The van der Waals surface area contributed by atoms with Crippen molar-refractivity contribution in [1.29, 1.82) is 0 Å². The van der Waals surface area contributed by atoms with E-state index in [2.05, 4.69) is 4.72 Å². The highest BCUT2D eigenvalue weighted by atomic mass is 32.2. The maximum Gasteiger partial charge on any atom is 0.240 e. The van der Waals surface area contributed by atoms with E-state index in [-0.39, 0.29) is 23.5 Å². The van der Waals surface area contributed by atoms with Gasteiger partial charge in [0.2, 0.25) is 10.0 Å². The summed E-state index contributed by atoms with van der Waals surface area (Å²) in [4.78, 5) is -0.0479. The van der Waals surface area contributed by atoms with Crippen molar-refractivity contribution in [1.82, 2.24) is 4.72 Å². The van der Waals surface area contributed by atoms with Crippen LogP contribution in [-0.2, 0) is 23.0 Å². The summed E-state index contributed by atoms with van der Waals surface area (Å²) in [6.07, 6.45) is 0.598. The van der Waals surface area contributed by atoms with Crippen LogP contribution in [0.3, 0.4) is 0 Å². The fourth-order valence-corrected chi connectivity index (χ4v) is 3.98. The highest BCUT2D eigenvalue weighted by molar-refractivity contribution is 7.89. The van der Waals surface area contributed by atoms with E-state index in [1.54, 1.807) is 11.3 Å². The van der Waals surface area contributed by atoms with Gasteiger partial charge in [-0.2, -0.15) is 11.3 Å². The first-order chi connectivity index (χ1) is 9.94. The van der Waals surface area contributed by atoms with Gasteiger partial charge in [0.15, 0.2) is 0 Å². The molecule has 0 saturated heterocycles. The Morgan fingerprint density at radius 1 is 1.33 bits per heavy atom. The summed E-state index contributed by atoms with van der Waals surface area (Å²) >= 11 is 1.56. The normalized spacial score (nSPS) is 11.8. The zero-order chi connectivity index (χ0) is 15.5. The lowest BCUT2D eigenvalue weighted by molar-refractivity contribution is 0.574.